The summed E-state index contributed by atoms with van der Waals surface area (Å²) < 4.78 is 0. The van der Waals surface area contributed by atoms with E-state index >= 15 is 0 Å². The first-order valence-corrected chi connectivity index (χ1v) is 6.60. The fourth-order valence-corrected chi connectivity index (χ4v) is 2.33. The molecule has 0 aromatic heterocycles. The van der Waals surface area contributed by atoms with Gasteiger partial charge in [0, 0.05) is 33.1 Å². The van der Waals surface area contributed by atoms with E-state index in [1.54, 1.807) is 4.90 Å². The number of amides is 1. The third kappa shape index (κ3) is 4.24. The van der Waals surface area contributed by atoms with Crippen LogP contribution in [0.5, 0.6) is 0 Å². The van der Waals surface area contributed by atoms with E-state index in [2.05, 4.69) is 18.7 Å². The Bertz CT molecular complexity index is 293. The second-order valence-corrected chi connectivity index (χ2v) is 5.69. The molecule has 1 rings (SSSR count). The van der Waals surface area contributed by atoms with Crippen LogP contribution in [-0.4, -0.2) is 53.4 Å². The number of likely N-dealkylation sites (tertiary alicyclic amines) is 1. The topological polar surface area (TPSA) is 49.6 Å². The molecule has 1 aliphatic rings. The molecule has 1 aliphatic heterocycles. The zero-order valence-corrected chi connectivity index (χ0v) is 11.8. The average Bonchev–Trinajstić information content (AvgIpc) is 2.54. The van der Waals surface area contributed by atoms with Gasteiger partial charge >= 0.3 is 0 Å². The van der Waals surface area contributed by atoms with E-state index in [1.165, 1.54) is 0 Å². The molecule has 17 heavy (non-hydrogen) atoms. The van der Waals surface area contributed by atoms with Crippen molar-refractivity contribution in [2.24, 2.45) is 11.7 Å². The van der Waals surface area contributed by atoms with Crippen molar-refractivity contribution in [3.63, 3.8) is 0 Å². The summed E-state index contributed by atoms with van der Waals surface area (Å²) in [5.41, 5.74) is 5.54. The van der Waals surface area contributed by atoms with Crippen molar-refractivity contribution in [1.29, 1.82) is 0 Å². The van der Waals surface area contributed by atoms with Crippen LogP contribution in [0.3, 0.4) is 0 Å². The summed E-state index contributed by atoms with van der Waals surface area (Å²) in [6.45, 7) is 6.89. The van der Waals surface area contributed by atoms with Crippen LogP contribution in [0, 0.1) is 5.92 Å². The van der Waals surface area contributed by atoms with Crippen LogP contribution >= 0.6 is 12.2 Å². The van der Waals surface area contributed by atoms with E-state index in [9.17, 15) is 4.79 Å². The highest BCUT2D eigenvalue weighted by Crippen LogP contribution is 2.17. The minimum absolute atomic E-state index is 0.0248. The quantitative estimate of drug-likeness (QED) is 0.717. The zero-order valence-electron chi connectivity index (χ0n) is 11.0. The molecule has 1 saturated heterocycles. The third-order valence-electron chi connectivity index (χ3n) is 3.09. The van der Waals surface area contributed by atoms with Gasteiger partial charge in [-0.1, -0.05) is 26.1 Å². The largest absolute Gasteiger partial charge is 0.393 e. The molecule has 1 amide bonds. The van der Waals surface area contributed by atoms with Gasteiger partial charge in [0.1, 0.15) is 0 Å². The van der Waals surface area contributed by atoms with Gasteiger partial charge in [-0.2, -0.15) is 0 Å². The predicted octanol–water partition coefficient (Wildman–Crippen LogP) is 0.851. The molecule has 1 fully saturated rings. The van der Waals surface area contributed by atoms with E-state index in [1.807, 2.05) is 7.05 Å². The molecule has 1 atom stereocenters. The van der Waals surface area contributed by atoms with Crippen molar-refractivity contribution in [2.45, 2.75) is 32.7 Å². The number of carbonyl (C=O) groups excluding carboxylic acids is 1. The molecule has 0 radical (unpaired) electrons. The molecule has 0 bridgehead atoms. The van der Waals surface area contributed by atoms with Gasteiger partial charge in [0.25, 0.3) is 0 Å². The summed E-state index contributed by atoms with van der Waals surface area (Å²) in [5, 5.41) is 0. The number of likely N-dealkylation sites (N-methyl/N-ethyl adjacent to an activating group) is 1. The molecule has 0 aliphatic carbocycles. The van der Waals surface area contributed by atoms with Gasteiger partial charge in [-0.25, -0.2) is 0 Å². The monoisotopic (exact) mass is 257 g/mol. The standard InChI is InChI=1S/C12H23N3OS/c1-9(2)8-15(7-5-11(13)17)10-4-6-14(3)12(10)16/h9-10H,4-8H2,1-3H3,(H2,13,17). The summed E-state index contributed by atoms with van der Waals surface area (Å²) in [4.78, 5) is 16.6. The number of nitrogens with two attached hydrogens (primary N) is 1. The zero-order chi connectivity index (χ0) is 13.0. The van der Waals surface area contributed by atoms with Crippen LogP contribution in [0.4, 0.5) is 0 Å². The van der Waals surface area contributed by atoms with Crippen molar-refractivity contribution >= 4 is 23.1 Å². The van der Waals surface area contributed by atoms with Gasteiger partial charge in [-0.3, -0.25) is 9.69 Å². The molecule has 98 valence electrons. The Hall–Kier alpha value is -0.680. The third-order valence-corrected chi connectivity index (χ3v) is 3.29. The van der Waals surface area contributed by atoms with Gasteiger partial charge in [0.2, 0.25) is 5.91 Å². The summed E-state index contributed by atoms with van der Waals surface area (Å²) >= 11 is 4.91. The maximum Gasteiger partial charge on any atom is 0.239 e. The normalized spacial score (nSPS) is 20.6. The number of hydrogen-bond acceptors (Lipinski definition) is 3. The minimum atomic E-state index is 0.0248. The Morgan fingerprint density at radius 1 is 1.65 bits per heavy atom. The first-order valence-electron chi connectivity index (χ1n) is 6.19. The Balaban J connectivity index is 2.62. The number of hydrogen-bond donors (Lipinski definition) is 1. The smallest absolute Gasteiger partial charge is 0.239 e. The van der Waals surface area contributed by atoms with Crippen molar-refractivity contribution in [1.82, 2.24) is 9.80 Å². The lowest BCUT2D eigenvalue weighted by atomic mass is 10.1. The first-order chi connectivity index (χ1) is 7.91. The van der Waals surface area contributed by atoms with Gasteiger partial charge in [-0.05, 0) is 12.3 Å². The highest BCUT2D eigenvalue weighted by atomic mass is 32.1. The van der Waals surface area contributed by atoms with Crippen LogP contribution in [0.2, 0.25) is 0 Å². The van der Waals surface area contributed by atoms with Crippen molar-refractivity contribution in [3.8, 4) is 0 Å². The van der Waals surface area contributed by atoms with E-state index in [4.69, 9.17) is 18.0 Å². The Morgan fingerprint density at radius 2 is 2.29 bits per heavy atom. The maximum atomic E-state index is 12.0. The highest BCUT2D eigenvalue weighted by Gasteiger charge is 2.33. The molecule has 5 heteroatoms. The van der Waals surface area contributed by atoms with E-state index < -0.39 is 0 Å². The SMILES string of the molecule is CC(C)CN(CCC(N)=S)C1CCN(C)C1=O. The summed E-state index contributed by atoms with van der Waals surface area (Å²) in [6.07, 6.45) is 1.61. The molecule has 0 saturated carbocycles. The van der Waals surface area contributed by atoms with E-state index in [0.717, 1.165) is 26.1 Å². The van der Waals surface area contributed by atoms with Crippen LogP contribution in [0.1, 0.15) is 26.7 Å². The van der Waals surface area contributed by atoms with Crippen LogP contribution in [-0.2, 0) is 4.79 Å². The van der Waals surface area contributed by atoms with Crippen LogP contribution < -0.4 is 5.73 Å². The van der Waals surface area contributed by atoms with E-state index in [-0.39, 0.29) is 11.9 Å². The van der Waals surface area contributed by atoms with Crippen LogP contribution in [0.15, 0.2) is 0 Å². The van der Waals surface area contributed by atoms with Gasteiger partial charge in [-0.15, -0.1) is 0 Å². The summed E-state index contributed by atoms with van der Waals surface area (Å²) in [7, 11) is 1.86. The maximum absolute atomic E-state index is 12.0. The Kier molecular flexibility index (Phi) is 5.33. The fraction of sp³-hybridized carbons (Fsp3) is 0.833. The predicted molar refractivity (Wildman–Crippen MR) is 73.9 cm³/mol. The highest BCUT2D eigenvalue weighted by molar-refractivity contribution is 7.80. The molecule has 0 aromatic carbocycles. The number of nitrogens with zero attached hydrogens (tertiary/aromatic N) is 2. The van der Waals surface area contributed by atoms with Gasteiger partial charge in [0.05, 0.1) is 11.0 Å². The molecular formula is C12H23N3OS. The lowest BCUT2D eigenvalue weighted by Crippen LogP contribution is -2.44. The van der Waals surface area contributed by atoms with Crippen molar-refractivity contribution in [3.05, 3.63) is 0 Å². The second-order valence-electron chi connectivity index (χ2n) is 5.17. The molecule has 0 aromatic rings. The number of carbonyl (C=O) groups is 1. The first kappa shape index (κ1) is 14.4. The molecule has 4 nitrogen and oxygen atoms in total. The van der Waals surface area contributed by atoms with Crippen molar-refractivity contribution < 1.29 is 4.79 Å². The Morgan fingerprint density at radius 3 is 2.71 bits per heavy atom. The number of thiocarbonyl (C=S) groups is 1. The fourth-order valence-electron chi connectivity index (χ4n) is 2.24. The number of rotatable bonds is 6. The lowest BCUT2D eigenvalue weighted by molar-refractivity contribution is -0.131. The Labute approximate surface area is 109 Å². The van der Waals surface area contributed by atoms with Gasteiger partial charge < -0.3 is 10.6 Å². The minimum Gasteiger partial charge on any atom is -0.393 e. The van der Waals surface area contributed by atoms with Gasteiger partial charge in [0.15, 0.2) is 0 Å². The summed E-state index contributed by atoms with van der Waals surface area (Å²) in [6, 6.07) is 0.0248. The molecular weight excluding hydrogens is 234 g/mol. The molecule has 1 unspecified atom stereocenters. The molecule has 1 heterocycles. The van der Waals surface area contributed by atoms with E-state index in [0.29, 0.717) is 17.3 Å². The average molecular weight is 257 g/mol. The second kappa shape index (κ2) is 6.31. The van der Waals surface area contributed by atoms with Crippen molar-refractivity contribution in [2.75, 3.05) is 26.7 Å². The molecule has 2 N–H and O–H groups in total. The molecule has 0 spiro atoms. The lowest BCUT2D eigenvalue weighted by Gasteiger charge is -2.29. The summed E-state index contributed by atoms with van der Waals surface area (Å²) in [5.74, 6) is 0.772. The van der Waals surface area contributed by atoms with Crippen LogP contribution in [0.25, 0.3) is 0 Å².